The van der Waals surface area contributed by atoms with Crippen molar-refractivity contribution in [2.75, 3.05) is 20.3 Å². The molecule has 1 aromatic heterocycles. The molecule has 0 aliphatic heterocycles. The van der Waals surface area contributed by atoms with E-state index in [1.54, 1.807) is 41.0 Å². The molecule has 0 aliphatic rings. The smallest absolute Gasteiger partial charge is 0.408 e. The number of ether oxygens (including phenoxy) is 3. The van der Waals surface area contributed by atoms with Crippen LogP contribution < -0.4 is 15.4 Å². The van der Waals surface area contributed by atoms with Crippen molar-refractivity contribution in [3.63, 3.8) is 0 Å². The quantitative estimate of drug-likeness (QED) is 0.643. The van der Waals surface area contributed by atoms with Gasteiger partial charge >= 0.3 is 6.09 Å². The number of amides is 2. The standard InChI is InChI=1S/C16H25N3O4.C3H6O2/c1-11(8-12-6-7-17-14(9-12)22-5)19-13(20)10-18-15(21)23-16(2,3)4;1-2-5-3-4/h6-7,9,11H,8,10H2,1-5H3,(H,18,21)(H,19,20);3H,2H2,1H3. The lowest BCUT2D eigenvalue weighted by atomic mass is 10.1. The first-order chi connectivity index (χ1) is 13.1. The van der Waals surface area contributed by atoms with E-state index in [-0.39, 0.29) is 18.5 Å². The predicted octanol–water partition coefficient (Wildman–Crippen LogP) is 1.84. The monoisotopic (exact) mass is 397 g/mol. The van der Waals surface area contributed by atoms with Crippen LogP contribution in [0.4, 0.5) is 4.79 Å². The van der Waals surface area contributed by atoms with Gasteiger partial charge in [-0.2, -0.15) is 0 Å². The zero-order valence-corrected chi connectivity index (χ0v) is 17.4. The van der Waals surface area contributed by atoms with E-state index in [0.717, 1.165) is 5.56 Å². The molecule has 1 heterocycles. The van der Waals surface area contributed by atoms with Gasteiger partial charge in [0.1, 0.15) is 12.1 Å². The average Bonchev–Trinajstić information content (AvgIpc) is 2.60. The first-order valence-electron chi connectivity index (χ1n) is 8.91. The molecule has 1 unspecified atom stereocenters. The molecule has 9 heteroatoms. The molecule has 0 aliphatic carbocycles. The maximum atomic E-state index is 11.8. The van der Waals surface area contributed by atoms with E-state index in [1.165, 1.54) is 0 Å². The maximum absolute atomic E-state index is 11.8. The molecule has 1 atom stereocenters. The Morgan fingerprint density at radius 1 is 1.32 bits per heavy atom. The topological polar surface area (TPSA) is 116 Å². The van der Waals surface area contributed by atoms with Crippen LogP contribution in [-0.4, -0.2) is 55.4 Å². The molecule has 0 fully saturated rings. The van der Waals surface area contributed by atoms with Crippen LogP contribution in [-0.2, 0) is 25.5 Å². The highest BCUT2D eigenvalue weighted by Gasteiger charge is 2.17. The summed E-state index contributed by atoms with van der Waals surface area (Å²) in [6.07, 6.45) is 1.68. The molecular weight excluding hydrogens is 366 g/mol. The van der Waals surface area contributed by atoms with E-state index in [4.69, 9.17) is 9.47 Å². The van der Waals surface area contributed by atoms with E-state index in [2.05, 4.69) is 20.4 Å². The number of alkyl carbamates (subject to hydrolysis) is 1. The first kappa shape index (κ1) is 25.2. The molecule has 0 radical (unpaired) electrons. The zero-order chi connectivity index (χ0) is 21.6. The summed E-state index contributed by atoms with van der Waals surface area (Å²) in [6.45, 7) is 9.71. The number of carbonyl (C=O) groups is 3. The van der Waals surface area contributed by atoms with Gasteiger partial charge in [0.25, 0.3) is 6.47 Å². The predicted molar refractivity (Wildman–Crippen MR) is 104 cm³/mol. The van der Waals surface area contributed by atoms with Gasteiger partial charge in [-0.15, -0.1) is 0 Å². The summed E-state index contributed by atoms with van der Waals surface area (Å²) in [4.78, 5) is 36.5. The Bertz CT molecular complexity index is 616. The summed E-state index contributed by atoms with van der Waals surface area (Å²) in [5, 5.41) is 5.24. The Morgan fingerprint density at radius 2 is 2.00 bits per heavy atom. The van der Waals surface area contributed by atoms with Crippen molar-refractivity contribution in [2.24, 2.45) is 0 Å². The minimum absolute atomic E-state index is 0.0879. The number of nitrogens with zero attached hydrogens (tertiary/aromatic N) is 1. The summed E-state index contributed by atoms with van der Waals surface area (Å²) in [6, 6.07) is 3.60. The highest BCUT2D eigenvalue weighted by atomic mass is 16.6. The van der Waals surface area contributed by atoms with E-state index < -0.39 is 11.7 Å². The second kappa shape index (κ2) is 13.3. The van der Waals surface area contributed by atoms with Gasteiger partial charge in [0.2, 0.25) is 11.8 Å². The number of pyridine rings is 1. The first-order valence-corrected chi connectivity index (χ1v) is 8.91. The van der Waals surface area contributed by atoms with Crippen molar-refractivity contribution in [1.29, 1.82) is 0 Å². The molecule has 158 valence electrons. The fourth-order valence-corrected chi connectivity index (χ4v) is 1.95. The summed E-state index contributed by atoms with van der Waals surface area (Å²) < 4.78 is 14.3. The van der Waals surface area contributed by atoms with Crippen LogP contribution in [0.25, 0.3) is 0 Å². The van der Waals surface area contributed by atoms with E-state index >= 15 is 0 Å². The van der Waals surface area contributed by atoms with Crippen molar-refractivity contribution in [1.82, 2.24) is 15.6 Å². The number of methoxy groups -OCH3 is 1. The largest absolute Gasteiger partial charge is 0.481 e. The van der Waals surface area contributed by atoms with Crippen LogP contribution >= 0.6 is 0 Å². The van der Waals surface area contributed by atoms with Crippen molar-refractivity contribution >= 4 is 18.5 Å². The van der Waals surface area contributed by atoms with Crippen molar-refractivity contribution < 1.29 is 28.6 Å². The molecule has 2 N–H and O–H groups in total. The minimum atomic E-state index is -0.612. The fraction of sp³-hybridized carbons (Fsp3) is 0.579. The SMILES string of the molecule is CCOC=O.COc1cc(CC(C)NC(=O)CNC(=O)OC(C)(C)C)ccn1. The lowest BCUT2D eigenvalue weighted by Crippen LogP contribution is -2.43. The molecular formula is C19H31N3O6. The fourth-order valence-electron chi connectivity index (χ4n) is 1.95. The van der Waals surface area contributed by atoms with Crippen LogP contribution in [0.2, 0.25) is 0 Å². The number of hydrogen-bond donors (Lipinski definition) is 2. The maximum Gasteiger partial charge on any atom is 0.408 e. The molecule has 0 saturated carbocycles. The molecule has 28 heavy (non-hydrogen) atoms. The van der Waals surface area contributed by atoms with Crippen LogP contribution in [0, 0.1) is 0 Å². The summed E-state index contributed by atoms with van der Waals surface area (Å²) in [5.74, 6) is 0.261. The summed E-state index contributed by atoms with van der Waals surface area (Å²) in [5.41, 5.74) is 0.415. The van der Waals surface area contributed by atoms with Crippen molar-refractivity contribution in [3.05, 3.63) is 23.9 Å². The highest BCUT2D eigenvalue weighted by molar-refractivity contribution is 5.82. The lowest BCUT2D eigenvalue weighted by Gasteiger charge is -2.20. The van der Waals surface area contributed by atoms with Crippen LogP contribution in [0.3, 0.4) is 0 Å². The molecule has 1 rings (SSSR count). The molecule has 1 aromatic rings. The Morgan fingerprint density at radius 3 is 2.50 bits per heavy atom. The third-order valence-corrected chi connectivity index (χ3v) is 2.98. The van der Waals surface area contributed by atoms with Crippen LogP contribution in [0.15, 0.2) is 18.3 Å². The van der Waals surface area contributed by atoms with E-state index in [1.807, 2.05) is 19.1 Å². The van der Waals surface area contributed by atoms with Crippen LogP contribution in [0.5, 0.6) is 5.88 Å². The van der Waals surface area contributed by atoms with Gasteiger partial charge in [-0.25, -0.2) is 9.78 Å². The summed E-state index contributed by atoms with van der Waals surface area (Å²) >= 11 is 0. The Kier molecular flexibility index (Phi) is 12.0. The number of nitrogens with one attached hydrogen (secondary N) is 2. The highest BCUT2D eigenvalue weighted by Crippen LogP contribution is 2.10. The number of carbonyl (C=O) groups excluding carboxylic acids is 3. The van der Waals surface area contributed by atoms with Crippen molar-refractivity contribution in [2.45, 2.75) is 52.7 Å². The van der Waals surface area contributed by atoms with Gasteiger partial charge in [0, 0.05) is 18.3 Å². The number of rotatable bonds is 8. The number of hydrogen-bond acceptors (Lipinski definition) is 7. The minimum Gasteiger partial charge on any atom is -0.481 e. The average molecular weight is 397 g/mol. The summed E-state index contributed by atoms with van der Waals surface area (Å²) in [7, 11) is 1.56. The number of aromatic nitrogens is 1. The molecule has 0 aromatic carbocycles. The molecule has 0 spiro atoms. The third kappa shape index (κ3) is 13.4. The van der Waals surface area contributed by atoms with Gasteiger partial charge in [-0.3, -0.25) is 9.59 Å². The molecule has 2 amide bonds. The van der Waals surface area contributed by atoms with Crippen LogP contribution in [0.1, 0.15) is 40.2 Å². The molecule has 0 bridgehead atoms. The zero-order valence-electron chi connectivity index (χ0n) is 17.4. The Hall–Kier alpha value is -2.84. The van der Waals surface area contributed by atoms with Gasteiger partial charge in [-0.1, -0.05) is 0 Å². The second-order valence-electron chi connectivity index (χ2n) is 6.79. The molecule has 0 saturated heterocycles. The van der Waals surface area contributed by atoms with Crippen molar-refractivity contribution in [3.8, 4) is 5.88 Å². The van der Waals surface area contributed by atoms with E-state index in [0.29, 0.717) is 25.4 Å². The normalized spacial score (nSPS) is 11.2. The van der Waals surface area contributed by atoms with E-state index in [9.17, 15) is 14.4 Å². The second-order valence-corrected chi connectivity index (χ2v) is 6.79. The molecule has 9 nitrogen and oxygen atoms in total. The third-order valence-electron chi connectivity index (χ3n) is 2.98. The van der Waals surface area contributed by atoms with Gasteiger partial charge in [-0.05, 0) is 52.7 Å². The van der Waals surface area contributed by atoms with Gasteiger partial charge < -0.3 is 24.8 Å². The lowest BCUT2D eigenvalue weighted by molar-refractivity contribution is -0.128. The Balaban J connectivity index is 0.00000129. The van der Waals surface area contributed by atoms with Gasteiger partial charge in [0.15, 0.2) is 0 Å². The Labute approximate surface area is 166 Å². The van der Waals surface area contributed by atoms with Gasteiger partial charge in [0.05, 0.1) is 13.7 Å².